The van der Waals surface area contributed by atoms with Crippen LogP contribution in [-0.2, 0) is 0 Å². The van der Waals surface area contributed by atoms with E-state index in [0.29, 0.717) is 11.8 Å². The molecular weight excluding hydrogens is 336 g/mol. The zero-order valence-electron chi connectivity index (χ0n) is 15.3. The van der Waals surface area contributed by atoms with Gasteiger partial charge in [0.15, 0.2) is 5.82 Å². The van der Waals surface area contributed by atoms with Crippen molar-refractivity contribution in [2.75, 3.05) is 16.8 Å². The smallest absolute Gasteiger partial charge is 0.251 e. The summed E-state index contributed by atoms with van der Waals surface area (Å²) in [5.74, 6) is 1.19. The second-order valence-electron chi connectivity index (χ2n) is 6.23. The van der Waals surface area contributed by atoms with E-state index < -0.39 is 0 Å². The highest BCUT2D eigenvalue weighted by Gasteiger charge is 2.12. The van der Waals surface area contributed by atoms with Gasteiger partial charge < -0.3 is 10.2 Å². The van der Waals surface area contributed by atoms with Gasteiger partial charge in [-0.1, -0.05) is 30.3 Å². The largest absolute Gasteiger partial charge is 0.337 e. The lowest BCUT2D eigenvalue weighted by Gasteiger charge is -2.21. The van der Waals surface area contributed by atoms with Crippen LogP contribution in [0.5, 0.6) is 0 Å². The van der Waals surface area contributed by atoms with Crippen LogP contribution in [0.4, 0.5) is 23.1 Å². The van der Waals surface area contributed by atoms with Crippen LogP contribution in [0.2, 0.25) is 0 Å². The third-order valence-electron chi connectivity index (χ3n) is 4.31. The van der Waals surface area contributed by atoms with Gasteiger partial charge in [0.1, 0.15) is 0 Å². The molecule has 0 spiro atoms. The van der Waals surface area contributed by atoms with Crippen LogP contribution in [-0.4, -0.2) is 26.7 Å². The predicted molar refractivity (Wildman–Crippen MR) is 109 cm³/mol. The summed E-state index contributed by atoms with van der Waals surface area (Å²) < 4.78 is 0. The Kier molecular flexibility index (Phi) is 4.61. The maximum atomic E-state index is 4.67. The lowest BCUT2D eigenvalue weighted by molar-refractivity contribution is 0.886. The lowest BCUT2D eigenvalue weighted by atomic mass is 10.2. The summed E-state index contributed by atoms with van der Waals surface area (Å²) in [6.07, 6.45) is 3.41. The van der Waals surface area contributed by atoms with Crippen molar-refractivity contribution < 1.29 is 0 Å². The maximum Gasteiger partial charge on any atom is 0.251 e. The first-order valence-corrected chi connectivity index (χ1v) is 8.89. The van der Waals surface area contributed by atoms with Crippen molar-refractivity contribution in [3.63, 3.8) is 0 Å². The van der Waals surface area contributed by atoms with Gasteiger partial charge >= 0.3 is 0 Å². The Morgan fingerprint density at radius 1 is 1.04 bits per heavy atom. The number of para-hydroxylation sites is 1. The normalized spacial score (nSPS) is 10.7. The second kappa shape index (κ2) is 7.37. The first-order chi connectivity index (χ1) is 13.2. The van der Waals surface area contributed by atoms with Crippen LogP contribution in [0.15, 0.2) is 67.0 Å². The fourth-order valence-corrected chi connectivity index (χ4v) is 3.05. The Bertz CT molecular complexity index is 1070. The van der Waals surface area contributed by atoms with Crippen molar-refractivity contribution in [3.05, 3.63) is 72.6 Å². The minimum absolute atomic E-state index is 0.557. The summed E-state index contributed by atoms with van der Waals surface area (Å²) in [4.78, 5) is 11.2. The number of benzene rings is 2. The van der Waals surface area contributed by atoms with Crippen LogP contribution in [0.1, 0.15) is 12.5 Å². The summed E-state index contributed by atoms with van der Waals surface area (Å²) >= 11 is 0. The Morgan fingerprint density at radius 3 is 2.74 bits per heavy atom. The number of aromatic nitrogens is 4. The van der Waals surface area contributed by atoms with E-state index in [1.807, 2.05) is 41.3 Å². The maximum absolute atomic E-state index is 4.67. The molecule has 0 aliphatic rings. The average molecular weight is 356 g/mol. The number of nitrogens with zero attached hydrogens (tertiary/aromatic N) is 5. The number of fused-ring (bicyclic) bond motifs is 1. The highest BCUT2D eigenvalue weighted by Crippen LogP contribution is 2.26. The monoisotopic (exact) mass is 356 g/mol. The Balaban J connectivity index is 1.68. The predicted octanol–water partition coefficient (Wildman–Crippen LogP) is 4.63. The average Bonchev–Trinajstić information content (AvgIpc) is 2.69. The van der Waals surface area contributed by atoms with Gasteiger partial charge in [-0.2, -0.15) is 10.1 Å². The molecule has 134 valence electrons. The molecule has 27 heavy (non-hydrogen) atoms. The fraction of sp³-hybridized carbons (Fsp3) is 0.143. The number of rotatable bonds is 5. The van der Waals surface area contributed by atoms with E-state index in [1.165, 1.54) is 5.56 Å². The highest BCUT2D eigenvalue weighted by molar-refractivity contribution is 5.91. The molecule has 6 heteroatoms. The number of anilines is 4. The van der Waals surface area contributed by atoms with Crippen LogP contribution in [0, 0.1) is 6.92 Å². The molecule has 2 aromatic heterocycles. The van der Waals surface area contributed by atoms with E-state index in [9.17, 15) is 0 Å². The molecule has 0 amide bonds. The minimum Gasteiger partial charge on any atom is -0.337 e. The Labute approximate surface area is 157 Å². The first kappa shape index (κ1) is 16.9. The van der Waals surface area contributed by atoms with Crippen molar-refractivity contribution in [2.45, 2.75) is 13.8 Å². The molecule has 0 aliphatic heterocycles. The van der Waals surface area contributed by atoms with Crippen molar-refractivity contribution in [3.8, 4) is 0 Å². The minimum atomic E-state index is 0.557. The molecule has 6 nitrogen and oxygen atoms in total. The molecule has 2 heterocycles. The topological polar surface area (TPSA) is 66.8 Å². The lowest BCUT2D eigenvalue weighted by Crippen LogP contribution is -2.19. The summed E-state index contributed by atoms with van der Waals surface area (Å²) in [6, 6.07) is 18.2. The van der Waals surface area contributed by atoms with E-state index in [0.717, 1.165) is 28.8 Å². The highest BCUT2D eigenvalue weighted by atomic mass is 15.3. The van der Waals surface area contributed by atoms with E-state index in [-0.39, 0.29) is 0 Å². The summed E-state index contributed by atoms with van der Waals surface area (Å²) in [5, 5.41) is 12.8. The van der Waals surface area contributed by atoms with Crippen molar-refractivity contribution >= 4 is 34.0 Å². The van der Waals surface area contributed by atoms with Gasteiger partial charge in [-0.15, -0.1) is 5.10 Å². The molecular formula is C21H20N6. The molecule has 0 aliphatic carbocycles. The molecule has 0 unspecified atom stereocenters. The molecule has 0 saturated heterocycles. The fourth-order valence-electron chi connectivity index (χ4n) is 3.05. The van der Waals surface area contributed by atoms with Gasteiger partial charge in [0, 0.05) is 23.8 Å². The van der Waals surface area contributed by atoms with E-state index >= 15 is 0 Å². The first-order valence-electron chi connectivity index (χ1n) is 8.89. The SMILES string of the molecule is CCN(c1cccc(C)c1)c1nncc(Nc2cccc3cccnc23)n1. The number of hydrogen-bond donors (Lipinski definition) is 1. The van der Waals surface area contributed by atoms with Crippen molar-refractivity contribution in [1.29, 1.82) is 0 Å². The van der Waals surface area contributed by atoms with Gasteiger partial charge in [0.2, 0.25) is 0 Å². The standard InChI is InChI=1S/C21H20N6/c1-3-27(17-10-4-7-15(2)13-17)21-25-19(14-23-26-21)24-18-11-5-8-16-9-6-12-22-20(16)18/h4-14H,3H2,1-2H3,(H,24,25,26). The molecule has 0 fully saturated rings. The van der Waals surface area contributed by atoms with Gasteiger partial charge in [-0.3, -0.25) is 4.98 Å². The number of nitrogens with one attached hydrogen (secondary N) is 1. The summed E-state index contributed by atoms with van der Waals surface area (Å²) in [5.41, 5.74) is 4.02. The zero-order chi connectivity index (χ0) is 18.6. The second-order valence-corrected chi connectivity index (χ2v) is 6.23. The van der Waals surface area contributed by atoms with E-state index in [2.05, 4.69) is 57.5 Å². The van der Waals surface area contributed by atoms with Crippen LogP contribution in [0.3, 0.4) is 0 Å². The number of pyridine rings is 1. The molecule has 0 radical (unpaired) electrons. The van der Waals surface area contributed by atoms with Crippen LogP contribution < -0.4 is 10.2 Å². The van der Waals surface area contributed by atoms with E-state index in [4.69, 9.17) is 0 Å². The van der Waals surface area contributed by atoms with E-state index in [1.54, 1.807) is 12.4 Å². The summed E-state index contributed by atoms with van der Waals surface area (Å²) in [6.45, 7) is 4.88. The molecule has 0 saturated carbocycles. The zero-order valence-corrected chi connectivity index (χ0v) is 15.3. The Hall–Kier alpha value is -3.54. The molecule has 4 aromatic rings. The summed E-state index contributed by atoms with van der Waals surface area (Å²) in [7, 11) is 0. The van der Waals surface area contributed by atoms with Gasteiger partial charge in [0.25, 0.3) is 5.95 Å². The van der Waals surface area contributed by atoms with Crippen LogP contribution >= 0.6 is 0 Å². The molecule has 0 bridgehead atoms. The Morgan fingerprint density at radius 2 is 1.89 bits per heavy atom. The molecule has 1 N–H and O–H groups in total. The molecule has 2 aromatic carbocycles. The van der Waals surface area contributed by atoms with Crippen molar-refractivity contribution in [2.24, 2.45) is 0 Å². The molecule has 0 atom stereocenters. The third-order valence-corrected chi connectivity index (χ3v) is 4.31. The van der Waals surface area contributed by atoms with Crippen LogP contribution in [0.25, 0.3) is 10.9 Å². The number of aryl methyl sites for hydroxylation is 1. The quantitative estimate of drug-likeness (QED) is 0.562. The van der Waals surface area contributed by atoms with Crippen molar-refractivity contribution in [1.82, 2.24) is 20.2 Å². The number of hydrogen-bond acceptors (Lipinski definition) is 6. The third kappa shape index (κ3) is 3.55. The van der Waals surface area contributed by atoms with Gasteiger partial charge in [-0.25, -0.2) is 0 Å². The van der Waals surface area contributed by atoms with Gasteiger partial charge in [0.05, 0.1) is 17.4 Å². The molecule has 4 rings (SSSR count). The van der Waals surface area contributed by atoms with Gasteiger partial charge in [-0.05, 0) is 43.7 Å².